The first kappa shape index (κ1) is 12.8. The van der Waals surface area contributed by atoms with Crippen molar-refractivity contribution in [2.75, 3.05) is 0 Å². The van der Waals surface area contributed by atoms with Crippen LogP contribution >= 0.6 is 0 Å². The Kier molecular flexibility index (Phi) is 2.34. The van der Waals surface area contributed by atoms with Crippen LogP contribution in [0.5, 0.6) is 0 Å². The number of fused-ring (bicyclic) bond motifs is 6. The highest BCUT2D eigenvalue weighted by Crippen LogP contribution is 2.47. The Morgan fingerprint density at radius 3 is 1.30 bits per heavy atom. The fourth-order valence-electron chi connectivity index (χ4n) is 3.54. The van der Waals surface area contributed by atoms with Crippen LogP contribution in [-0.2, 0) is 28.4 Å². The van der Waals surface area contributed by atoms with Crippen LogP contribution in [-0.4, -0.2) is 54.4 Å². The van der Waals surface area contributed by atoms with Crippen molar-refractivity contribution in [1.82, 2.24) is 0 Å². The van der Waals surface area contributed by atoms with Gasteiger partial charge in [0.25, 0.3) is 0 Å². The molecule has 1 saturated carbocycles. The van der Waals surface area contributed by atoms with E-state index in [-0.39, 0.29) is 12.2 Å². The summed E-state index contributed by atoms with van der Waals surface area (Å²) in [4.78, 5) is 11.5. The van der Waals surface area contributed by atoms with Gasteiger partial charge in [-0.15, -0.1) is 0 Å². The lowest BCUT2D eigenvalue weighted by atomic mass is 9.85. The van der Waals surface area contributed by atoms with Crippen molar-refractivity contribution in [3.8, 4) is 0 Å². The molecule has 0 spiro atoms. The third-order valence-electron chi connectivity index (χ3n) is 4.09. The van der Waals surface area contributed by atoms with Gasteiger partial charge >= 0.3 is 6.16 Å². The van der Waals surface area contributed by atoms with Crippen molar-refractivity contribution < 1.29 is 33.2 Å². The largest absolute Gasteiger partial charge is 0.509 e. The maximum Gasteiger partial charge on any atom is 0.509 e. The summed E-state index contributed by atoms with van der Waals surface area (Å²) >= 11 is 0. The van der Waals surface area contributed by atoms with E-state index in [2.05, 4.69) is 0 Å². The average molecular weight is 286 g/mol. The van der Waals surface area contributed by atoms with Gasteiger partial charge in [0, 0.05) is 0 Å². The Balaban J connectivity index is 1.72. The van der Waals surface area contributed by atoms with Gasteiger partial charge in [0.1, 0.15) is 24.4 Å². The Hall–Kier alpha value is -0.890. The summed E-state index contributed by atoms with van der Waals surface area (Å²) in [5.74, 6) is -1.50. The van der Waals surface area contributed by atoms with Gasteiger partial charge in [0.2, 0.25) is 0 Å². The topological polar surface area (TPSA) is 72.5 Å². The van der Waals surface area contributed by atoms with E-state index in [4.69, 9.17) is 28.4 Å². The molecule has 112 valence electrons. The summed E-state index contributed by atoms with van der Waals surface area (Å²) in [7, 11) is 0. The fourth-order valence-corrected chi connectivity index (χ4v) is 3.54. The average Bonchev–Trinajstić information content (AvgIpc) is 2.90. The highest BCUT2D eigenvalue weighted by Gasteiger charge is 2.67. The molecular formula is C13H18O7. The standard InChI is InChI=1S/C13H18O7/c1-12(2)17-7-5-6(16-11(14)15-5)8-10(9(7)19-12)20-13(3,4)18-8/h5-10H,1-4H3/t5?,6?,7-,8+,9-,10-/m0/s1. The first-order chi connectivity index (χ1) is 9.26. The number of hydrogen-bond donors (Lipinski definition) is 0. The van der Waals surface area contributed by atoms with Crippen LogP contribution in [0.15, 0.2) is 0 Å². The molecule has 2 unspecified atom stereocenters. The van der Waals surface area contributed by atoms with Crippen LogP contribution in [0.2, 0.25) is 0 Å². The number of rotatable bonds is 0. The lowest BCUT2D eigenvalue weighted by molar-refractivity contribution is -0.178. The van der Waals surface area contributed by atoms with E-state index in [1.165, 1.54) is 0 Å². The van der Waals surface area contributed by atoms with Gasteiger partial charge in [0.05, 0.1) is 0 Å². The molecule has 3 heterocycles. The zero-order valence-corrected chi connectivity index (χ0v) is 11.8. The van der Waals surface area contributed by atoms with Gasteiger partial charge in [0.15, 0.2) is 23.8 Å². The van der Waals surface area contributed by atoms with Crippen molar-refractivity contribution in [3.63, 3.8) is 0 Å². The van der Waals surface area contributed by atoms with Gasteiger partial charge in [-0.25, -0.2) is 4.79 Å². The number of ether oxygens (including phenoxy) is 6. The van der Waals surface area contributed by atoms with Crippen LogP contribution in [0.4, 0.5) is 4.79 Å². The van der Waals surface area contributed by atoms with Crippen molar-refractivity contribution in [1.29, 1.82) is 0 Å². The molecule has 0 aromatic heterocycles. The predicted octanol–water partition coefficient (Wildman–Crippen LogP) is 0.944. The SMILES string of the molecule is CC1(C)O[C@@H]2[C@H]3OC(C)(C)O[C@H]3C3OC(=O)OC3[C@H]2O1. The first-order valence-electron chi connectivity index (χ1n) is 6.84. The molecule has 7 nitrogen and oxygen atoms in total. The van der Waals surface area contributed by atoms with E-state index in [9.17, 15) is 4.79 Å². The Morgan fingerprint density at radius 1 is 0.650 bits per heavy atom. The molecule has 7 heteroatoms. The van der Waals surface area contributed by atoms with E-state index in [1.807, 2.05) is 27.7 Å². The van der Waals surface area contributed by atoms with Gasteiger partial charge in [-0.05, 0) is 27.7 Å². The lowest BCUT2D eigenvalue weighted by Crippen LogP contribution is -2.60. The monoisotopic (exact) mass is 286 g/mol. The zero-order chi connectivity index (χ0) is 14.3. The molecule has 4 fully saturated rings. The molecule has 1 aliphatic carbocycles. The normalized spacial score (nSPS) is 50.9. The fraction of sp³-hybridized carbons (Fsp3) is 0.923. The molecule has 0 bridgehead atoms. The summed E-state index contributed by atoms with van der Waals surface area (Å²) in [6.07, 6.45) is -3.22. The van der Waals surface area contributed by atoms with E-state index < -0.39 is 42.1 Å². The summed E-state index contributed by atoms with van der Waals surface area (Å²) in [5, 5.41) is 0. The minimum atomic E-state index is -0.750. The third-order valence-corrected chi connectivity index (χ3v) is 4.09. The van der Waals surface area contributed by atoms with Crippen LogP contribution < -0.4 is 0 Å². The zero-order valence-electron chi connectivity index (χ0n) is 11.8. The predicted molar refractivity (Wildman–Crippen MR) is 62.8 cm³/mol. The summed E-state index contributed by atoms with van der Waals surface area (Å²) in [5.41, 5.74) is 0. The van der Waals surface area contributed by atoms with Crippen LogP contribution in [0.1, 0.15) is 27.7 Å². The van der Waals surface area contributed by atoms with Crippen molar-refractivity contribution in [3.05, 3.63) is 0 Å². The van der Waals surface area contributed by atoms with E-state index in [1.54, 1.807) is 0 Å². The van der Waals surface area contributed by atoms with Crippen LogP contribution in [0.25, 0.3) is 0 Å². The molecule has 0 amide bonds. The minimum Gasteiger partial charge on any atom is -0.424 e. The molecular weight excluding hydrogens is 268 g/mol. The van der Waals surface area contributed by atoms with Gasteiger partial charge in [-0.2, -0.15) is 0 Å². The summed E-state index contributed by atoms with van der Waals surface area (Å²) in [6.45, 7) is 7.31. The smallest absolute Gasteiger partial charge is 0.424 e. The second-order valence-electron chi connectivity index (χ2n) is 6.54. The molecule has 0 N–H and O–H groups in total. The van der Waals surface area contributed by atoms with E-state index in [0.29, 0.717) is 0 Å². The molecule has 4 aliphatic rings. The maximum absolute atomic E-state index is 11.5. The second-order valence-corrected chi connectivity index (χ2v) is 6.54. The molecule has 6 atom stereocenters. The highest BCUT2D eigenvalue weighted by atomic mass is 16.8. The number of hydrogen-bond acceptors (Lipinski definition) is 7. The Bertz CT molecular complexity index is 420. The van der Waals surface area contributed by atoms with Crippen molar-refractivity contribution in [2.45, 2.75) is 75.9 Å². The lowest BCUT2D eigenvalue weighted by Gasteiger charge is -2.36. The molecule has 0 aromatic carbocycles. The van der Waals surface area contributed by atoms with Crippen LogP contribution in [0, 0.1) is 0 Å². The Labute approximate surface area is 116 Å². The Morgan fingerprint density at radius 2 is 0.950 bits per heavy atom. The summed E-state index contributed by atoms with van der Waals surface area (Å²) < 4.78 is 34.1. The summed E-state index contributed by atoms with van der Waals surface area (Å²) in [6, 6.07) is 0. The minimum absolute atomic E-state index is 0.340. The molecule has 3 saturated heterocycles. The maximum atomic E-state index is 11.5. The van der Waals surface area contributed by atoms with E-state index in [0.717, 1.165) is 0 Å². The number of carbonyl (C=O) groups is 1. The third kappa shape index (κ3) is 1.70. The highest BCUT2D eigenvalue weighted by molar-refractivity contribution is 5.63. The molecule has 3 aliphatic heterocycles. The van der Waals surface area contributed by atoms with Crippen LogP contribution in [0.3, 0.4) is 0 Å². The molecule has 4 rings (SSSR count). The molecule has 0 aromatic rings. The van der Waals surface area contributed by atoms with Crippen molar-refractivity contribution in [2.24, 2.45) is 0 Å². The quantitative estimate of drug-likeness (QED) is 0.614. The van der Waals surface area contributed by atoms with Gasteiger partial charge < -0.3 is 28.4 Å². The first-order valence-corrected chi connectivity index (χ1v) is 6.84. The van der Waals surface area contributed by atoms with E-state index >= 15 is 0 Å². The second kappa shape index (κ2) is 3.65. The van der Waals surface area contributed by atoms with Gasteiger partial charge in [-0.3, -0.25) is 0 Å². The van der Waals surface area contributed by atoms with Gasteiger partial charge in [-0.1, -0.05) is 0 Å². The molecule has 20 heavy (non-hydrogen) atoms. The van der Waals surface area contributed by atoms with Crippen molar-refractivity contribution >= 4 is 6.16 Å². The number of carbonyl (C=O) groups excluding carboxylic acids is 1. The molecule has 0 radical (unpaired) electrons.